The van der Waals surface area contributed by atoms with E-state index in [2.05, 4.69) is 54.8 Å². The second-order valence-corrected chi connectivity index (χ2v) is 4.89. The van der Waals surface area contributed by atoms with Crippen LogP contribution in [0.4, 0.5) is 0 Å². The summed E-state index contributed by atoms with van der Waals surface area (Å²) >= 11 is 0. The van der Waals surface area contributed by atoms with Crippen molar-refractivity contribution in [3.05, 3.63) is 35.9 Å². The molecule has 0 aliphatic carbocycles. The lowest BCUT2D eigenvalue weighted by Gasteiger charge is -2.21. The number of nitrogens with one attached hydrogen (secondary N) is 2. The van der Waals surface area contributed by atoms with E-state index in [4.69, 9.17) is 5.73 Å². The van der Waals surface area contributed by atoms with Crippen LogP contribution in [0.5, 0.6) is 0 Å². The minimum atomic E-state index is 0.381. The van der Waals surface area contributed by atoms with Crippen LogP contribution in [0.3, 0.4) is 0 Å². The molecule has 3 nitrogen and oxygen atoms in total. The third kappa shape index (κ3) is 6.15. The van der Waals surface area contributed by atoms with Gasteiger partial charge >= 0.3 is 0 Å². The average Bonchev–Trinajstić information content (AvgIpc) is 2.42. The topological polar surface area (TPSA) is 50.1 Å². The van der Waals surface area contributed by atoms with Gasteiger partial charge in [-0.1, -0.05) is 37.3 Å². The van der Waals surface area contributed by atoms with Gasteiger partial charge in [0.15, 0.2) is 0 Å². The third-order valence-electron chi connectivity index (χ3n) is 3.07. The van der Waals surface area contributed by atoms with Gasteiger partial charge in [0, 0.05) is 25.2 Å². The lowest BCUT2D eigenvalue weighted by Crippen LogP contribution is -2.45. The van der Waals surface area contributed by atoms with Crippen LogP contribution in [0.15, 0.2) is 30.3 Å². The molecule has 0 fully saturated rings. The molecule has 0 bridgehead atoms. The normalized spacial score (nSPS) is 14.4. The van der Waals surface area contributed by atoms with Crippen molar-refractivity contribution in [2.75, 3.05) is 19.6 Å². The van der Waals surface area contributed by atoms with Gasteiger partial charge in [-0.05, 0) is 31.9 Å². The van der Waals surface area contributed by atoms with Crippen molar-refractivity contribution in [3.63, 3.8) is 0 Å². The van der Waals surface area contributed by atoms with Gasteiger partial charge in [0.25, 0.3) is 0 Å². The summed E-state index contributed by atoms with van der Waals surface area (Å²) in [5.41, 5.74) is 7.01. The largest absolute Gasteiger partial charge is 0.329 e. The first-order valence-corrected chi connectivity index (χ1v) is 6.97. The van der Waals surface area contributed by atoms with E-state index < -0.39 is 0 Å². The van der Waals surface area contributed by atoms with Crippen LogP contribution in [0.25, 0.3) is 0 Å². The van der Waals surface area contributed by atoms with Crippen LogP contribution in [0, 0.1) is 0 Å². The minimum absolute atomic E-state index is 0.381. The highest BCUT2D eigenvalue weighted by atomic mass is 15.0. The molecule has 102 valence electrons. The quantitative estimate of drug-likeness (QED) is 0.622. The Morgan fingerprint density at radius 1 is 1.17 bits per heavy atom. The van der Waals surface area contributed by atoms with Gasteiger partial charge in [-0.15, -0.1) is 0 Å². The van der Waals surface area contributed by atoms with Gasteiger partial charge in [0.05, 0.1) is 0 Å². The van der Waals surface area contributed by atoms with E-state index in [1.165, 1.54) is 5.56 Å². The molecule has 2 unspecified atom stereocenters. The fourth-order valence-electron chi connectivity index (χ4n) is 1.89. The first-order valence-electron chi connectivity index (χ1n) is 6.97. The molecule has 0 aromatic heterocycles. The third-order valence-corrected chi connectivity index (χ3v) is 3.07. The number of hydrogen-bond donors (Lipinski definition) is 3. The molecule has 0 aliphatic heterocycles. The summed E-state index contributed by atoms with van der Waals surface area (Å²) < 4.78 is 0. The van der Waals surface area contributed by atoms with Gasteiger partial charge in [-0.2, -0.15) is 0 Å². The van der Waals surface area contributed by atoms with Crippen molar-refractivity contribution in [1.82, 2.24) is 10.6 Å². The Morgan fingerprint density at radius 2 is 1.89 bits per heavy atom. The molecule has 0 saturated carbocycles. The molecule has 1 aromatic rings. The zero-order chi connectivity index (χ0) is 13.2. The van der Waals surface area contributed by atoms with E-state index >= 15 is 0 Å². The molecule has 1 rings (SSSR count). The van der Waals surface area contributed by atoms with E-state index in [0.29, 0.717) is 18.6 Å². The van der Waals surface area contributed by atoms with Gasteiger partial charge in [-0.3, -0.25) is 0 Å². The van der Waals surface area contributed by atoms with Crippen LogP contribution in [0.1, 0.15) is 25.8 Å². The maximum absolute atomic E-state index is 5.63. The fourth-order valence-corrected chi connectivity index (χ4v) is 1.89. The zero-order valence-electron chi connectivity index (χ0n) is 11.7. The summed E-state index contributed by atoms with van der Waals surface area (Å²) in [5, 5.41) is 7.07. The van der Waals surface area contributed by atoms with E-state index in [9.17, 15) is 0 Å². The van der Waals surface area contributed by atoms with Crippen molar-refractivity contribution < 1.29 is 0 Å². The Hall–Kier alpha value is -0.900. The van der Waals surface area contributed by atoms with Gasteiger partial charge in [-0.25, -0.2) is 0 Å². The van der Waals surface area contributed by atoms with Crippen molar-refractivity contribution in [1.29, 1.82) is 0 Å². The van der Waals surface area contributed by atoms with E-state index in [0.717, 1.165) is 25.9 Å². The van der Waals surface area contributed by atoms with Crippen molar-refractivity contribution in [3.8, 4) is 0 Å². The first-order chi connectivity index (χ1) is 8.76. The Kier molecular flexibility index (Phi) is 7.65. The van der Waals surface area contributed by atoms with E-state index in [1.54, 1.807) is 0 Å². The Morgan fingerprint density at radius 3 is 2.50 bits per heavy atom. The van der Waals surface area contributed by atoms with Crippen LogP contribution in [-0.4, -0.2) is 31.7 Å². The molecular formula is C15H27N3. The molecule has 3 heteroatoms. The molecule has 1 aromatic carbocycles. The summed E-state index contributed by atoms with van der Waals surface area (Å²) in [5.74, 6) is 0. The second-order valence-electron chi connectivity index (χ2n) is 4.89. The molecular weight excluding hydrogens is 222 g/mol. The smallest absolute Gasteiger partial charge is 0.0232 e. The molecule has 0 aliphatic rings. The van der Waals surface area contributed by atoms with Crippen LogP contribution >= 0.6 is 0 Å². The lowest BCUT2D eigenvalue weighted by molar-refractivity contribution is 0.441. The molecule has 0 radical (unpaired) electrons. The summed E-state index contributed by atoms with van der Waals surface area (Å²) in [6.07, 6.45) is 2.23. The van der Waals surface area contributed by atoms with Crippen molar-refractivity contribution in [2.24, 2.45) is 5.73 Å². The minimum Gasteiger partial charge on any atom is -0.329 e. The predicted octanol–water partition coefficient (Wildman–Crippen LogP) is 1.53. The molecule has 18 heavy (non-hydrogen) atoms. The standard InChI is InChI=1S/C15H27N3/c1-3-9-17-15(12-18-13(2)11-16)10-14-7-5-4-6-8-14/h4-8,13,15,17-18H,3,9-12,16H2,1-2H3. The molecule has 4 N–H and O–H groups in total. The Bertz CT molecular complexity index is 300. The summed E-state index contributed by atoms with van der Waals surface area (Å²) in [4.78, 5) is 0. The highest BCUT2D eigenvalue weighted by Gasteiger charge is 2.09. The molecule has 0 saturated heterocycles. The summed E-state index contributed by atoms with van der Waals surface area (Å²) in [6, 6.07) is 11.5. The number of benzene rings is 1. The van der Waals surface area contributed by atoms with Crippen LogP contribution in [-0.2, 0) is 6.42 Å². The fraction of sp³-hybridized carbons (Fsp3) is 0.600. The number of nitrogens with two attached hydrogens (primary N) is 1. The van der Waals surface area contributed by atoms with Gasteiger partial charge < -0.3 is 16.4 Å². The average molecular weight is 249 g/mol. The highest BCUT2D eigenvalue weighted by Crippen LogP contribution is 2.03. The van der Waals surface area contributed by atoms with E-state index in [1.807, 2.05) is 0 Å². The summed E-state index contributed by atoms with van der Waals surface area (Å²) in [6.45, 7) is 7.04. The number of rotatable bonds is 9. The zero-order valence-corrected chi connectivity index (χ0v) is 11.7. The SMILES string of the molecule is CCCNC(CNC(C)CN)Cc1ccccc1. The molecule has 2 atom stereocenters. The van der Waals surface area contributed by atoms with Crippen molar-refractivity contribution >= 4 is 0 Å². The Labute approximate surface area is 111 Å². The molecule has 0 heterocycles. The second kappa shape index (κ2) is 9.09. The number of hydrogen-bond acceptors (Lipinski definition) is 3. The molecule has 0 spiro atoms. The van der Waals surface area contributed by atoms with Gasteiger partial charge in [0.1, 0.15) is 0 Å². The van der Waals surface area contributed by atoms with Crippen LogP contribution in [0.2, 0.25) is 0 Å². The highest BCUT2D eigenvalue weighted by molar-refractivity contribution is 5.16. The maximum atomic E-state index is 5.63. The predicted molar refractivity (Wildman–Crippen MR) is 78.7 cm³/mol. The van der Waals surface area contributed by atoms with Gasteiger partial charge in [0.2, 0.25) is 0 Å². The Balaban J connectivity index is 2.44. The lowest BCUT2D eigenvalue weighted by atomic mass is 10.1. The first kappa shape index (κ1) is 15.2. The molecule has 0 amide bonds. The maximum Gasteiger partial charge on any atom is 0.0232 e. The summed E-state index contributed by atoms with van der Waals surface area (Å²) in [7, 11) is 0. The monoisotopic (exact) mass is 249 g/mol. The van der Waals surface area contributed by atoms with Crippen molar-refractivity contribution in [2.45, 2.75) is 38.8 Å². The van der Waals surface area contributed by atoms with E-state index in [-0.39, 0.29) is 0 Å². The van der Waals surface area contributed by atoms with Crippen LogP contribution < -0.4 is 16.4 Å².